The molecular weight excluding hydrogens is 114 g/mol. The van der Waals surface area contributed by atoms with Gasteiger partial charge in [0.2, 0.25) is 0 Å². The van der Waals surface area contributed by atoms with Crippen molar-refractivity contribution >= 4 is 6.29 Å². The zero-order valence-corrected chi connectivity index (χ0v) is 5.85. The first-order valence-corrected chi connectivity index (χ1v) is 2.93. The van der Waals surface area contributed by atoms with Gasteiger partial charge in [-0.1, -0.05) is 13.8 Å². The molecule has 2 heteroatoms. The van der Waals surface area contributed by atoms with Crippen molar-refractivity contribution in [2.45, 2.75) is 26.7 Å². The first-order chi connectivity index (χ1) is 4.12. The second kappa shape index (κ2) is 3.24. The summed E-state index contributed by atoms with van der Waals surface area (Å²) in [6.45, 7) is 3.81. The number of hydrogen-bond donors (Lipinski definition) is 0. The Labute approximate surface area is 55.5 Å². The zero-order chi connectivity index (χ0) is 7.33. The molecule has 0 saturated heterocycles. The van der Waals surface area contributed by atoms with E-state index in [9.17, 15) is 4.79 Å². The van der Waals surface area contributed by atoms with Gasteiger partial charge in [0.05, 0.1) is 6.07 Å². The van der Waals surface area contributed by atoms with Crippen molar-refractivity contribution < 1.29 is 4.79 Å². The zero-order valence-electron chi connectivity index (χ0n) is 5.85. The van der Waals surface area contributed by atoms with Gasteiger partial charge in [0, 0.05) is 12.8 Å². The summed E-state index contributed by atoms with van der Waals surface area (Å²) in [6, 6.07) is 2.03. The minimum absolute atomic E-state index is 0.128. The summed E-state index contributed by atoms with van der Waals surface area (Å²) in [6.07, 6.45) is 1.78. The van der Waals surface area contributed by atoms with Crippen molar-refractivity contribution in [3.63, 3.8) is 0 Å². The quantitative estimate of drug-likeness (QED) is 0.536. The largest absolute Gasteiger partial charge is 0.303 e. The molecule has 0 heterocycles. The van der Waals surface area contributed by atoms with Gasteiger partial charge in [-0.15, -0.1) is 0 Å². The van der Waals surface area contributed by atoms with Crippen molar-refractivity contribution in [3.05, 3.63) is 0 Å². The normalized spacial score (nSPS) is 10.3. The van der Waals surface area contributed by atoms with Gasteiger partial charge >= 0.3 is 0 Å². The molecule has 0 aliphatic heterocycles. The predicted octanol–water partition coefficient (Wildman–Crippen LogP) is 1.52. The molecule has 0 aliphatic rings. The fourth-order valence-electron chi connectivity index (χ4n) is 0.512. The van der Waals surface area contributed by atoms with Crippen LogP contribution in [0.25, 0.3) is 0 Å². The molecule has 0 amide bonds. The van der Waals surface area contributed by atoms with Gasteiger partial charge in [0.25, 0.3) is 0 Å². The highest BCUT2D eigenvalue weighted by atomic mass is 16.1. The summed E-state index contributed by atoms with van der Waals surface area (Å²) in [5, 5.41) is 8.26. The van der Waals surface area contributed by atoms with E-state index in [4.69, 9.17) is 5.26 Å². The number of nitriles is 1. The van der Waals surface area contributed by atoms with E-state index >= 15 is 0 Å². The Morgan fingerprint density at radius 1 is 1.67 bits per heavy atom. The average Bonchev–Trinajstić information content (AvgIpc) is 1.64. The number of rotatable bonds is 3. The third-order valence-electron chi connectivity index (χ3n) is 1.19. The maximum absolute atomic E-state index is 9.99. The van der Waals surface area contributed by atoms with E-state index in [1.54, 1.807) is 0 Å². The molecule has 0 atom stereocenters. The molecule has 0 radical (unpaired) electrons. The van der Waals surface area contributed by atoms with E-state index in [0.717, 1.165) is 6.29 Å². The highest BCUT2D eigenvalue weighted by Gasteiger charge is 2.15. The summed E-state index contributed by atoms with van der Waals surface area (Å²) in [4.78, 5) is 9.99. The first kappa shape index (κ1) is 8.16. The standard InChI is InChI=1S/C7H11NO/c1-7(2,3-5-8)4-6-9/h6H,3-4H2,1-2H3. The predicted molar refractivity (Wildman–Crippen MR) is 34.7 cm³/mol. The van der Waals surface area contributed by atoms with E-state index in [1.807, 2.05) is 19.9 Å². The molecule has 0 aliphatic carbocycles. The first-order valence-electron chi connectivity index (χ1n) is 2.93. The van der Waals surface area contributed by atoms with Gasteiger partial charge in [-0.3, -0.25) is 0 Å². The molecule has 0 spiro atoms. The Hall–Kier alpha value is -0.840. The lowest BCUT2D eigenvalue weighted by atomic mass is 9.87. The van der Waals surface area contributed by atoms with Gasteiger partial charge in [0.15, 0.2) is 0 Å². The fourth-order valence-corrected chi connectivity index (χ4v) is 0.512. The van der Waals surface area contributed by atoms with E-state index in [1.165, 1.54) is 0 Å². The number of carbonyl (C=O) groups excluding carboxylic acids is 1. The van der Waals surface area contributed by atoms with Gasteiger partial charge in [-0.2, -0.15) is 5.26 Å². The Morgan fingerprint density at radius 3 is 2.56 bits per heavy atom. The maximum Gasteiger partial charge on any atom is 0.120 e. The molecule has 0 saturated carbocycles. The number of hydrogen-bond acceptors (Lipinski definition) is 2. The van der Waals surface area contributed by atoms with E-state index in [2.05, 4.69) is 0 Å². The van der Waals surface area contributed by atoms with Crippen LogP contribution < -0.4 is 0 Å². The third kappa shape index (κ3) is 3.72. The lowest BCUT2D eigenvalue weighted by molar-refractivity contribution is -0.109. The summed E-state index contributed by atoms with van der Waals surface area (Å²) in [7, 11) is 0. The van der Waals surface area contributed by atoms with Crippen LogP contribution in [0.5, 0.6) is 0 Å². The van der Waals surface area contributed by atoms with Crippen molar-refractivity contribution in [1.29, 1.82) is 5.26 Å². The van der Waals surface area contributed by atoms with E-state index in [0.29, 0.717) is 12.8 Å². The maximum atomic E-state index is 9.99. The van der Waals surface area contributed by atoms with Crippen LogP contribution in [-0.4, -0.2) is 6.29 Å². The van der Waals surface area contributed by atoms with Crippen LogP contribution in [-0.2, 0) is 4.79 Å². The molecule has 50 valence electrons. The van der Waals surface area contributed by atoms with Crippen LogP contribution in [0.3, 0.4) is 0 Å². The Morgan fingerprint density at radius 2 is 2.22 bits per heavy atom. The average molecular weight is 125 g/mol. The molecule has 0 rings (SSSR count). The van der Waals surface area contributed by atoms with Crippen molar-refractivity contribution in [2.75, 3.05) is 0 Å². The summed E-state index contributed by atoms with van der Waals surface area (Å²) >= 11 is 0. The molecule has 0 N–H and O–H groups in total. The highest BCUT2D eigenvalue weighted by Crippen LogP contribution is 2.22. The SMILES string of the molecule is CC(C)(CC#N)CC=O. The number of carbonyl (C=O) groups is 1. The molecule has 0 fully saturated rings. The van der Waals surface area contributed by atoms with Gasteiger partial charge in [0.1, 0.15) is 6.29 Å². The monoisotopic (exact) mass is 125 g/mol. The van der Waals surface area contributed by atoms with E-state index < -0.39 is 0 Å². The van der Waals surface area contributed by atoms with Crippen molar-refractivity contribution in [2.24, 2.45) is 5.41 Å². The Bertz CT molecular complexity index is 132. The summed E-state index contributed by atoms with van der Waals surface area (Å²) in [5.74, 6) is 0. The molecule has 2 nitrogen and oxygen atoms in total. The minimum Gasteiger partial charge on any atom is -0.303 e. The summed E-state index contributed by atoms with van der Waals surface area (Å²) in [5.41, 5.74) is -0.128. The van der Waals surface area contributed by atoms with Crippen LogP contribution in [0, 0.1) is 16.7 Å². The summed E-state index contributed by atoms with van der Waals surface area (Å²) < 4.78 is 0. The molecule has 0 aromatic rings. The highest BCUT2D eigenvalue weighted by molar-refractivity contribution is 5.50. The van der Waals surface area contributed by atoms with Crippen LogP contribution in [0.1, 0.15) is 26.7 Å². The molecule has 0 unspecified atom stereocenters. The van der Waals surface area contributed by atoms with Crippen LogP contribution in [0.2, 0.25) is 0 Å². The fraction of sp³-hybridized carbons (Fsp3) is 0.714. The lowest BCUT2D eigenvalue weighted by Crippen LogP contribution is -2.10. The molecule has 0 bridgehead atoms. The van der Waals surface area contributed by atoms with Gasteiger partial charge in [-0.25, -0.2) is 0 Å². The Balaban J connectivity index is 3.73. The third-order valence-corrected chi connectivity index (χ3v) is 1.19. The second-order valence-corrected chi connectivity index (χ2v) is 2.87. The molecule has 0 aromatic heterocycles. The molecular formula is C7H11NO. The molecule has 0 aromatic carbocycles. The number of nitrogens with zero attached hydrogens (tertiary/aromatic N) is 1. The Kier molecular flexibility index (Phi) is 2.94. The van der Waals surface area contributed by atoms with Crippen LogP contribution in [0.4, 0.5) is 0 Å². The van der Waals surface area contributed by atoms with Gasteiger partial charge in [-0.05, 0) is 5.41 Å². The minimum atomic E-state index is -0.128. The van der Waals surface area contributed by atoms with Crippen LogP contribution in [0.15, 0.2) is 0 Å². The number of aldehydes is 1. The molecule has 9 heavy (non-hydrogen) atoms. The van der Waals surface area contributed by atoms with Crippen molar-refractivity contribution in [3.8, 4) is 6.07 Å². The topological polar surface area (TPSA) is 40.9 Å². The van der Waals surface area contributed by atoms with Crippen LogP contribution >= 0.6 is 0 Å². The van der Waals surface area contributed by atoms with Crippen molar-refractivity contribution in [1.82, 2.24) is 0 Å². The second-order valence-electron chi connectivity index (χ2n) is 2.87. The smallest absolute Gasteiger partial charge is 0.120 e. The van der Waals surface area contributed by atoms with E-state index in [-0.39, 0.29) is 5.41 Å². The van der Waals surface area contributed by atoms with Gasteiger partial charge < -0.3 is 4.79 Å². The lowest BCUT2D eigenvalue weighted by Gasteiger charge is -2.15.